The van der Waals surface area contributed by atoms with Crippen LogP contribution in [0, 0.1) is 5.92 Å². The van der Waals surface area contributed by atoms with Gasteiger partial charge in [-0.1, -0.05) is 30.3 Å². The quantitative estimate of drug-likeness (QED) is 0.258. The minimum absolute atomic E-state index is 0.113. The third kappa shape index (κ3) is 4.67. The van der Waals surface area contributed by atoms with Gasteiger partial charge < -0.3 is 14.3 Å². The summed E-state index contributed by atoms with van der Waals surface area (Å²) in [4.78, 5) is 13.5. The van der Waals surface area contributed by atoms with E-state index in [2.05, 4.69) is 30.3 Å². The molecule has 6 rings (SSSR count). The summed E-state index contributed by atoms with van der Waals surface area (Å²) in [5.74, 6) is -0.118. The summed E-state index contributed by atoms with van der Waals surface area (Å²) >= 11 is 2.96. The topological polar surface area (TPSA) is 46.5 Å². The van der Waals surface area contributed by atoms with E-state index in [9.17, 15) is 9.90 Å². The molecule has 3 aliphatic heterocycles. The predicted octanol–water partition coefficient (Wildman–Crippen LogP) is 5.22. The summed E-state index contributed by atoms with van der Waals surface area (Å²) in [6.07, 6.45) is 5.59. The van der Waals surface area contributed by atoms with Gasteiger partial charge in [0.15, 0.2) is 6.10 Å². The molecule has 0 aliphatic carbocycles. The number of carbonyl (C=O) groups is 1. The number of hydrogen-bond acceptors (Lipinski definition) is 5. The van der Waals surface area contributed by atoms with E-state index in [1.165, 1.54) is 54.2 Å². The molecule has 1 atom stereocenters. The van der Waals surface area contributed by atoms with Gasteiger partial charge in [0.2, 0.25) is 5.60 Å². The summed E-state index contributed by atoms with van der Waals surface area (Å²) < 4.78 is 7.20. The first-order chi connectivity index (χ1) is 16.1. The van der Waals surface area contributed by atoms with Crippen molar-refractivity contribution in [1.82, 2.24) is 0 Å². The molecular formula is C27H32NO3S2+. The van der Waals surface area contributed by atoms with Gasteiger partial charge >= 0.3 is 5.97 Å². The standard InChI is InChI=1S/C27H32NO3S2/c29-26(27(30,23-11-16-32-19-23)24-12-17-33-20-24)31-25-18-28(14-9-22(25)10-15-28)13-5-4-8-21-6-2-1-3-7-21/h1-3,6-7,11-12,16-17,19-20,22,25,30H,4-5,8-10,13-15,18H2/q+1/t22?,25-,28?/m0/s1. The number of esters is 1. The lowest BCUT2D eigenvalue weighted by Crippen LogP contribution is -2.65. The molecule has 3 fully saturated rings. The van der Waals surface area contributed by atoms with E-state index in [1.807, 2.05) is 33.7 Å². The van der Waals surface area contributed by atoms with Crippen molar-refractivity contribution in [2.24, 2.45) is 5.92 Å². The van der Waals surface area contributed by atoms with Crippen molar-refractivity contribution in [2.75, 3.05) is 26.2 Å². The van der Waals surface area contributed by atoms with Crippen molar-refractivity contribution >= 4 is 28.6 Å². The van der Waals surface area contributed by atoms with E-state index in [0.29, 0.717) is 17.0 Å². The Morgan fingerprint density at radius 2 is 1.67 bits per heavy atom. The number of carbonyl (C=O) groups excluding carboxylic acids is 1. The molecule has 2 bridgehead atoms. The van der Waals surface area contributed by atoms with Gasteiger partial charge in [0.25, 0.3) is 0 Å². The van der Waals surface area contributed by atoms with Crippen LogP contribution >= 0.6 is 22.7 Å². The van der Waals surface area contributed by atoms with Crippen LogP contribution in [-0.2, 0) is 21.6 Å². The van der Waals surface area contributed by atoms with Gasteiger partial charge in [0, 0.05) is 29.9 Å². The second-order valence-electron chi connectivity index (χ2n) is 9.65. The highest BCUT2D eigenvalue weighted by Crippen LogP contribution is 2.39. The zero-order valence-corrected chi connectivity index (χ0v) is 20.5. The van der Waals surface area contributed by atoms with E-state index < -0.39 is 11.6 Å². The number of rotatable bonds is 9. The Morgan fingerprint density at radius 3 is 2.27 bits per heavy atom. The van der Waals surface area contributed by atoms with Crippen LogP contribution in [0.3, 0.4) is 0 Å². The molecular weight excluding hydrogens is 450 g/mol. The van der Waals surface area contributed by atoms with E-state index in [1.54, 1.807) is 0 Å². The lowest BCUT2D eigenvalue weighted by atomic mass is 9.82. The minimum Gasteiger partial charge on any atom is -0.453 e. The predicted molar refractivity (Wildman–Crippen MR) is 133 cm³/mol. The summed E-state index contributed by atoms with van der Waals surface area (Å²) in [5, 5.41) is 19.1. The first-order valence-electron chi connectivity index (χ1n) is 12.0. The van der Waals surface area contributed by atoms with Crippen LogP contribution in [0.2, 0.25) is 0 Å². The maximum atomic E-state index is 13.5. The number of aliphatic hydroxyl groups is 1. The highest BCUT2D eigenvalue weighted by Gasteiger charge is 2.50. The van der Waals surface area contributed by atoms with E-state index in [-0.39, 0.29) is 6.10 Å². The van der Waals surface area contributed by atoms with Crippen LogP contribution in [0.4, 0.5) is 0 Å². The van der Waals surface area contributed by atoms with E-state index in [0.717, 1.165) is 36.8 Å². The number of hydrogen-bond donors (Lipinski definition) is 1. The fraction of sp³-hybridized carbons (Fsp3) is 0.444. The molecule has 3 aromatic rings. The number of ether oxygens (including phenoxy) is 1. The molecule has 174 valence electrons. The van der Waals surface area contributed by atoms with E-state index in [4.69, 9.17) is 4.74 Å². The van der Waals surface area contributed by atoms with Crippen molar-refractivity contribution in [2.45, 2.75) is 43.8 Å². The number of piperidine rings is 3. The molecule has 1 N–H and O–H groups in total. The minimum atomic E-state index is -1.73. The maximum Gasteiger partial charge on any atom is 0.348 e. The molecule has 3 aliphatic rings. The van der Waals surface area contributed by atoms with Gasteiger partial charge in [-0.2, -0.15) is 22.7 Å². The second-order valence-corrected chi connectivity index (χ2v) is 11.2. The van der Waals surface area contributed by atoms with Crippen molar-refractivity contribution in [1.29, 1.82) is 0 Å². The molecule has 0 amide bonds. The zero-order valence-electron chi connectivity index (χ0n) is 18.9. The number of unbranched alkanes of at least 4 members (excludes halogenated alkanes) is 1. The number of thiophene rings is 2. The Morgan fingerprint density at radius 1 is 1.00 bits per heavy atom. The average molecular weight is 483 g/mol. The van der Waals surface area contributed by atoms with Gasteiger partial charge in [-0.15, -0.1) is 0 Å². The largest absolute Gasteiger partial charge is 0.453 e. The third-order valence-corrected chi connectivity index (χ3v) is 9.03. The molecule has 4 nitrogen and oxygen atoms in total. The SMILES string of the molecule is O=C(O[C@H]1C[N+]2(CCCCc3ccccc3)CCC1CC2)C(O)(c1ccsc1)c1ccsc1. The molecule has 0 saturated carbocycles. The highest BCUT2D eigenvalue weighted by atomic mass is 32.1. The first kappa shape index (κ1) is 22.8. The fourth-order valence-electron chi connectivity index (χ4n) is 5.66. The third-order valence-electron chi connectivity index (χ3n) is 7.66. The molecule has 6 heteroatoms. The molecule has 2 aromatic heterocycles. The lowest BCUT2D eigenvalue weighted by Gasteiger charge is -2.52. The Labute approximate surface area is 204 Å². The molecule has 1 aromatic carbocycles. The Hall–Kier alpha value is -1.99. The number of quaternary nitrogens is 1. The van der Waals surface area contributed by atoms with Crippen LogP contribution < -0.4 is 0 Å². The molecule has 3 saturated heterocycles. The first-order valence-corrected chi connectivity index (χ1v) is 13.9. The van der Waals surface area contributed by atoms with Gasteiger partial charge in [-0.05, 0) is 58.5 Å². The fourth-order valence-corrected chi connectivity index (χ4v) is 7.05. The van der Waals surface area contributed by atoms with Crippen molar-refractivity contribution in [3.63, 3.8) is 0 Å². The summed E-state index contributed by atoms with van der Waals surface area (Å²) in [6.45, 7) is 4.39. The number of benzene rings is 1. The van der Waals surface area contributed by atoms with Crippen LogP contribution in [-0.4, -0.2) is 47.8 Å². The maximum absolute atomic E-state index is 13.5. The van der Waals surface area contributed by atoms with Gasteiger partial charge in [0.1, 0.15) is 6.54 Å². The molecule has 33 heavy (non-hydrogen) atoms. The normalized spacial score (nSPS) is 24.6. The number of fused-ring (bicyclic) bond motifs is 3. The van der Waals surface area contributed by atoms with Crippen LogP contribution in [0.5, 0.6) is 0 Å². The van der Waals surface area contributed by atoms with Crippen LogP contribution in [0.15, 0.2) is 64.0 Å². The van der Waals surface area contributed by atoms with Crippen molar-refractivity contribution in [3.05, 3.63) is 80.7 Å². The Kier molecular flexibility index (Phi) is 6.70. The molecule has 0 spiro atoms. The highest BCUT2D eigenvalue weighted by molar-refractivity contribution is 7.08. The van der Waals surface area contributed by atoms with Crippen molar-refractivity contribution in [3.8, 4) is 0 Å². The van der Waals surface area contributed by atoms with Gasteiger partial charge in [-0.3, -0.25) is 0 Å². The summed E-state index contributed by atoms with van der Waals surface area (Å²) in [7, 11) is 0. The Balaban J connectivity index is 1.24. The monoisotopic (exact) mass is 482 g/mol. The average Bonchev–Trinajstić information content (AvgIpc) is 3.58. The molecule has 0 unspecified atom stereocenters. The summed E-state index contributed by atoms with van der Waals surface area (Å²) in [5.41, 5.74) is 0.874. The van der Waals surface area contributed by atoms with Gasteiger partial charge in [-0.25, -0.2) is 4.79 Å². The van der Waals surface area contributed by atoms with Crippen LogP contribution in [0.1, 0.15) is 42.4 Å². The smallest absolute Gasteiger partial charge is 0.348 e. The Bertz CT molecular complexity index is 991. The van der Waals surface area contributed by atoms with Crippen LogP contribution in [0.25, 0.3) is 0 Å². The number of nitrogens with zero attached hydrogens (tertiary/aromatic N) is 1. The lowest BCUT2D eigenvalue weighted by molar-refractivity contribution is -0.946. The molecule has 0 radical (unpaired) electrons. The molecule has 5 heterocycles. The number of aryl methyl sites for hydroxylation is 1. The van der Waals surface area contributed by atoms with E-state index >= 15 is 0 Å². The second kappa shape index (κ2) is 9.71. The zero-order chi connectivity index (χ0) is 22.7. The van der Waals surface area contributed by atoms with Crippen molar-refractivity contribution < 1.29 is 19.1 Å². The van der Waals surface area contributed by atoms with Gasteiger partial charge in [0.05, 0.1) is 19.6 Å². The summed E-state index contributed by atoms with van der Waals surface area (Å²) in [6, 6.07) is 14.3.